The molecule has 0 saturated heterocycles. The molecule has 4 unspecified atom stereocenters. The molecule has 0 aliphatic heterocycles. The Bertz CT molecular complexity index is 364. The quantitative estimate of drug-likeness (QED) is 0.470. The Kier molecular flexibility index (Phi) is 8.86. The highest BCUT2D eigenvalue weighted by atomic mass is 14.4. The van der Waals surface area contributed by atoms with E-state index in [0.717, 1.165) is 35.5 Å². The summed E-state index contributed by atoms with van der Waals surface area (Å²) in [6.45, 7) is 4.83. The van der Waals surface area contributed by atoms with Crippen LogP contribution in [-0.4, -0.2) is 0 Å². The van der Waals surface area contributed by atoms with Crippen LogP contribution in [-0.2, 0) is 0 Å². The van der Waals surface area contributed by atoms with Crippen molar-refractivity contribution in [2.45, 2.75) is 129 Å². The maximum atomic E-state index is 2.45. The van der Waals surface area contributed by atoms with Crippen LogP contribution in [0.15, 0.2) is 0 Å². The molecule has 26 heavy (non-hydrogen) atoms. The Balaban J connectivity index is 1.62. The molecule has 4 atom stereocenters. The predicted molar refractivity (Wildman–Crippen MR) is 115 cm³/mol. The van der Waals surface area contributed by atoms with Gasteiger partial charge in [-0.2, -0.15) is 0 Å². The SMILES string of the molecule is CCCC1CCC(C2CCCCCCCC3CCC(CC)CC3C2)CC1. The van der Waals surface area contributed by atoms with Crippen LogP contribution in [0, 0.1) is 35.5 Å². The van der Waals surface area contributed by atoms with Crippen molar-refractivity contribution < 1.29 is 0 Å². The Morgan fingerprint density at radius 3 is 1.73 bits per heavy atom. The summed E-state index contributed by atoms with van der Waals surface area (Å²) in [6.07, 6.45) is 27.7. The monoisotopic (exact) mass is 360 g/mol. The van der Waals surface area contributed by atoms with E-state index >= 15 is 0 Å². The van der Waals surface area contributed by atoms with Gasteiger partial charge < -0.3 is 0 Å². The number of hydrogen-bond donors (Lipinski definition) is 0. The van der Waals surface area contributed by atoms with E-state index in [1.54, 1.807) is 64.2 Å². The van der Waals surface area contributed by atoms with Crippen LogP contribution in [0.1, 0.15) is 129 Å². The van der Waals surface area contributed by atoms with E-state index in [1.807, 2.05) is 0 Å². The second-order valence-corrected chi connectivity index (χ2v) is 10.5. The molecular formula is C26H48. The molecule has 0 heteroatoms. The molecular weight excluding hydrogens is 312 g/mol. The fourth-order valence-corrected chi connectivity index (χ4v) is 7.10. The lowest BCUT2D eigenvalue weighted by molar-refractivity contribution is 0.101. The van der Waals surface area contributed by atoms with Crippen molar-refractivity contribution in [1.82, 2.24) is 0 Å². The van der Waals surface area contributed by atoms with Crippen molar-refractivity contribution in [3.63, 3.8) is 0 Å². The van der Waals surface area contributed by atoms with Crippen LogP contribution in [0.25, 0.3) is 0 Å². The summed E-state index contributed by atoms with van der Waals surface area (Å²) in [7, 11) is 0. The summed E-state index contributed by atoms with van der Waals surface area (Å²) in [5.41, 5.74) is 0. The van der Waals surface area contributed by atoms with Gasteiger partial charge >= 0.3 is 0 Å². The van der Waals surface area contributed by atoms with Crippen molar-refractivity contribution in [3.05, 3.63) is 0 Å². The molecule has 3 aliphatic rings. The van der Waals surface area contributed by atoms with Crippen molar-refractivity contribution in [3.8, 4) is 0 Å². The fourth-order valence-electron chi connectivity index (χ4n) is 7.10. The number of hydrogen-bond acceptors (Lipinski definition) is 0. The molecule has 0 amide bonds. The van der Waals surface area contributed by atoms with Gasteiger partial charge in [-0.1, -0.05) is 97.3 Å². The average Bonchev–Trinajstić information content (AvgIpc) is 2.72. The highest BCUT2D eigenvalue weighted by molar-refractivity contribution is 4.85. The van der Waals surface area contributed by atoms with Crippen LogP contribution in [0.2, 0.25) is 0 Å². The van der Waals surface area contributed by atoms with Crippen molar-refractivity contribution in [1.29, 1.82) is 0 Å². The zero-order chi connectivity index (χ0) is 18.2. The van der Waals surface area contributed by atoms with Gasteiger partial charge in [0.15, 0.2) is 0 Å². The van der Waals surface area contributed by atoms with Gasteiger partial charge in [-0.15, -0.1) is 0 Å². The molecule has 0 aromatic rings. The Morgan fingerprint density at radius 1 is 0.500 bits per heavy atom. The second-order valence-electron chi connectivity index (χ2n) is 10.5. The van der Waals surface area contributed by atoms with Gasteiger partial charge in [0, 0.05) is 0 Å². The highest BCUT2D eigenvalue weighted by Crippen LogP contribution is 2.46. The van der Waals surface area contributed by atoms with E-state index in [9.17, 15) is 0 Å². The van der Waals surface area contributed by atoms with Crippen LogP contribution in [0.3, 0.4) is 0 Å². The fraction of sp³-hybridized carbons (Fsp3) is 1.00. The summed E-state index contributed by atoms with van der Waals surface area (Å²) >= 11 is 0. The van der Waals surface area contributed by atoms with Crippen LogP contribution in [0.4, 0.5) is 0 Å². The summed E-state index contributed by atoms with van der Waals surface area (Å²) in [4.78, 5) is 0. The Hall–Kier alpha value is 0. The molecule has 3 rings (SSSR count). The summed E-state index contributed by atoms with van der Waals surface area (Å²) in [5.74, 6) is 6.48. The topological polar surface area (TPSA) is 0 Å². The maximum absolute atomic E-state index is 2.45. The van der Waals surface area contributed by atoms with Crippen molar-refractivity contribution in [2.24, 2.45) is 35.5 Å². The molecule has 0 heterocycles. The van der Waals surface area contributed by atoms with E-state index < -0.39 is 0 Å². The minimum Gasteiger partial charge on any atom is -0.0654 e. The molecule has 0 spiro atoms. The van der Waals surface area contributed by atoms with Gasteiger partial charge in [-0.25, -0.2) is 0 Å². The first kappa shape index (κ1) is 20.7. The van der Waals surface area contributed by atoms with Gasteiger partial charge in [-0.05, 0) is 67.6 Å². The number of rotatable bonds is 4. The lowest BCUT2D eigenvalue weighted by Gasteiger charge is -2.41. The van der Waals surface area contributed by atoms with Crippen LogP contribution >= 0.6 is 0 Å². The molecule has 0 bridgehead atoms. The predicted octanol–water partition coefficient (Wildman–Crippen LogP) is 8.79. The summed E-state index contributed by atoms with van der Waals surface area (Å²) in [5, 5.41) is 0. The zero-order valence-corrected chi connectivity index (χ0v) is 18.2. The molecule has 3 saturated carbocycles. The van der Waals surface area contributed by atoms with E-state index in [0.29, 0.717) is 0 Å². The maximum Gasteiger partial charge on any atom is -0.0380 e. The summed E-state index contributed by atoms with van der Waals surface area (Å²) in [6, 6.07) is 0. The molecule has 0 aromatic heterocycles. The van der Waals surface area contributed by atoms with Crippen molar-refractivity contribution in [2.75, 3.05) is 0 Å². The van der Waals surface area contributed by atoms with E-state index in [2.05, 4.69) is 13.8 Å². The minimum absolute atomic E-state index is 1.06. The zero-order valence-electron chi connectivity index (χ0n) is 18.2. The molecule has 0 N–H and O–H groups in total. The van der Waals surface area contributed by atoms with E-state index in [-0.39, 0.29) is 0 Å². The first-order chi connectivity index (χ1) is 12.8. The lowest BCUT2D eigenvalue weighted by Crippen LogP contribution is -2.30. The largest absolute Gasteiger partial charge is 0.0654 e. The third kappa shape index (κ3) is 6.00. The van der Waals surface area contributed by atoms with E-state index in [4.69, 9.17) is 0 Å². The molecule has 0 aromatic carbocycles. The van der Waals surface area contributed by atoms with Crippen molar-refractivity contribution >= 4 is 0 Å². The van der Waals surface area contributed by atoms with Gasteiger partial charge in [0.2, 0.25) is 0 Å². The minimum atomic E-state index is 1.06. The van der Waals surface area contributed by atoms with E-state index in [1.165, 1.54) is 51.4 Å². The standard InChI is InChI=1S/C26H48/c1-3-10-22-14-17-24(18-15-22)25-12-9-7-5-6-8-11-23-16-13-21(4-2)19-26(23)20-25/h21-26H,3-20H2,1-2H3. The molecule has 152 valence electrons. The van der Waals surface area contributed by atoms with Gasteiger partial charge in [0.1, 0.15) is 0 Å². The Morgan fingerprint density at radius 2 is 1.08 bits per heavy atom. The molecule has 0 radical (unpaired) electrons. The van der Waals surface area contributed by atoms with Crippen LogP contribution in [0.5, 0.6) is 0 Å². The van der Waals surface area contributed by atoms with Gasteiger partial charge in [0.05, 0.1) is 0 Å². The molecule has 3 fully saturated rings. The molecule has 0 nitrogen and oxygen atoms in total. The number of fused-ring (bicyclic) bond motifs is 1. The second kappa shape index (κ2) is 11.1. The first-order valence-electron chi connectivity index (χ1n) is 12.8. The Labute approximate surface area is 165 Å². The normalized spacial score (nSPS) is 40.4. The first-order valence-corrected chi connectivity index (χ1v) is 12.8. The van der Waals surface area contributed by atoms with Gasteiger partial charge in [0.25, 0.3) is 0 Å². The molecule has 3 aliphatic carbocycles. The lowest BCUT2D eigenvalue weighted by atomic mass is 9.65. The highest BCUT2D eigenvalue weighted by Gasteiger charge is 2.34. The van der Waals surface area contributed by atoms with Crippen LogP contribution < -0.4 is 0 Å². The van der Waals surface area contributed by atoms with Gasteiger partial charge in [-0.3, -0.25) is 0 Å². The summed E-state index contributed by atoms with van der Waals surface area (Å²) < 4.78 is 0. The smallest absolute Gasteiger partial charge is 0.0380 e. The average molecular weight is 361 g/mol. The third-order valence-corrected chi connectivity index (χ3v) is 8.84. The third-order valence-electron chi connectivity index (χ3n) is 8.84.